The highest BCUT2D eigenvalue weighted by molar-refractivity contribution is 7.89. The standard InChI is InChI=1S/C30H32N4O3S3/c1-4-16-33-19-15-23-26(20-33)39-30(27(23)29-31-24-9-7-8-10-25(24)38-29)32-28(35)21-11-13-22(14-12-21)40(36,37)34(17-5-2)18-6-3/h5-14H,2-4,15-20H2,1H3,(H,32,35). The quantitative estimate of drug-likeness (QED) is 0.204. The number of fused-ring (bicyclic) bond motifs is 2. The van der Waals surface area contributed by atoms with E-state index in [0.717, 1.165) is 58.3 Å². The van der Waals surface area contributed by atoms with Crippen molar-refractivity contribution in [1.29, 1.82) is 0 Å². The lowest BCUT2D eigenvalue weighted by atomic mass is 10.0. The first-order chi connectivity index (χ1) is 19.3. The number of anilines is 1. The van der Waals surface area contributed by atoms with Gasteiger partial charge in [-0.05, 0) is 61.3 Å². The van der Waals surface area contributed by atoms with Gasteiger partial charge in [-0.3, -0.25) is 9.69 Å². The van der Waals surface area contributed by atoms with Gasteiger partial charge in [-0.25, -0.2) is 13.4 Å². The topological polar surface area (TPSA) is 82.6 Å². The molecular formula is C30H32N4O3S3. The van der Waals surface area contributed by atoms with Crippen LogP contribution < -0.4 is 5.32 Å². The molecular weight excluding hydrogens is 561 g/mol. The molecule has 0 bridgehead atoms. The summed E-state index contributed by atoms with van der Waals surface area (Å²) >= 11 is 3.25. The Kier molecular flexibility index (Phi) is 8.62. The van der Waals surface area contributed by atoms with E-state index in [1.165, 1.54) is 39.0 Å². The highest BCUT2D eigenvalue weighted by Crippen LogP contribution is 2.45. The molecule has 0 atom stereocenters. The van der Waals surface area contributed by atoms with Gasteiger partial charge in [0.15, 0.2) is 0 Å². The minimum Gasteiger partial charge on any atom is -0.313 e. The minimum absolute atomic E-state index is 0.116. The lowest BCUT2D eigenvalue weighted by Gasteiger charge is -2.26. The van der Waals surface area contributed by atoms with Crippen LogP contribution in [-0.2, 0) is 23.0 Å². The monoisotopic (exact) mass is 592 g/mol. The molecule has 1 amide bonds. The fourth-order valence-electron chi connectivity index (χ4n) is 4.92. The Morgan fingerprint density at radius 1 is 1.10 bits per heavy atom. The molecule has 1 N–H and O–H groups in total. The van der Waals surface area contributed by atoms with Crippen molar-refractivity contribution in [3.8, 4) is 10.6 Å². The number of nitrogens with one attached hydrogen (secondary N) is 1. The van der Waals surface area contributed by atoms with E-state index in [9.17, 15) is 13.2 Å². The Labute approximate surface area is 243 Å². The second-order valence-corrected chi connectivity index (χ2v) is 13.7. The van der Waals surface area contributed by atoms with Crippen LogP contribution in [0.15, 0.2) is 78.7 Å². The Morgan fingerprint density at radius 3 is 2.50 bits per heavy atom. The van der Waals surface area contributed by atoms with Crippen LogP contribution in [0.2, 0.25) is 0 Å². The first-order valence-electron chi connectivity index (χ1n) is 13.2. The highest BCUT2D eigenvalue weighted by Gasteiger charge is 2.28. The number of sulfonamides is 1. The van der Waals surface area contributed by atoms with Crippen molar-refractivity contribution in [3.05, 3.63) is 89.8 Å². The predicted octanol–water partition coefficient (Wildman–Crippen LogP) is 6.41. The van der Waals surface area contributed by atoms with E-state index in [2.05, 4.69) is 36.4 Å². The Bertz CT molecular complexity index is 1610. The van der Waals surface area contributed by atoms with E-state index in [1.54, 1.807) is 34.8 Å². The van der Waals surface area contributed by atoms with Gasteiger partial charge < -0.3 is 5.32 Å². The first kappa shape index (κ1) is 28.4. The Balaban J connectivity index is 1.45. The van der Waals surface area contributed by atoms with Gasteiger partial charge in [-0.1, -0.05) is 31.2 Å². The Hall–Kier alpha value is -3.15. The van der Waals surface area contributed by atoms with E-state index in [0.29, 0.717) is 5.56 Å². The van der Waals surface area contributed by atoms with Crippen molar-refractivity contribution in [2.45, 2.75) is 31.2 Å². The number of aromatic nitrogens is 1. The molecule has 0 radical (unpaired) electrons. The number of para-hydroxylation sites is 1. The third-order valence-electron chi connectivity index (χ3n) is 6.83. The van der Waals surface area contributed by atoms with Crippen molar-refractivity contribution in [2.75, 3.05) is 31.5 Å². The molecule has 0 spiro atoms. The number of hydrogen-bond acceptors (Lipinski definition) is 7. The van der Waals surface area contributed by atoms with Gasteiger partial charge in [-0.15, -0.1) is 35.8 Å². The molecule has 0 saturated heterocycles. The predicted molar refractivity (Wildman–Crippen MR) is 166 cm³/mol. The maximum atomic E-state index is 13.4. The van der Waals surface area contributed by atoms with Crippen LogP contribution in [0.3, 0.4) is 0 Å². The van der Waals surface area contributed by atoms with E-state index in [4.69, 9.17) is 4.98 Å². The number of benzene rings is 2. The molecule has 0 aliphatic carbocycles. The van der Waals surface area contributed by atoms with E-state index < -0.39 is 10.0 Å². The van der Waals surface area contributed by atoms with E-state index >= 15 is 0 Å². The molecule has 4 aromatic rings. The average molecular weight is 593 g/mol. The molecule has 1 aliphatic heterocycles. The summed E-state index contributed by atoms with van der Waals surface area (Å²) in [4.78, 5) is 22.2. The maximum absolute atomic E-state index is 13.4. The lowest BCUT2D eigenvalue weighted by molar-refractivity contribution is 0.102. The molecule has 3 heterocycles. The molecule has 7 nitrogen and oxygen atoms in total. The summed E-state index contributed by atoms with van der Waals surface area (Å²) in [5.41, 5.74) is 3.60. The van der Waals surface area contributed by atoms with E-state index in [1.807, 2.05) is 18.2 Å². The van der Waals surface area contributed by atoms with Crippen molar-refractivity contribution >= 4 is 53.8 Å². The highest BCUT2D eigenvalue weighted by atomic mass is 32.2. The minimum atomic E-state index is -3.74. The molecule has 0 fully saturated rings. The fourth-order valence-corrected chi connectivity index (χ4v) is 8.70. The van der Waals surface area contributed by atoms with Gasteiger partial charge in [0, 0.05) is 42.2 Å². The van der Waals surface area contributed by atoms with Gasteiger partial charge in [0.25, 0.3) is 5.91 Å². The summed E-state index contributed by atoms with van der Waals surface area (Å²) in [6.07, 6.45) is 5.08. The third kappa shape index (κ3) is 5.68. The van der Waals surface area contributed by atoms with Crippen LogP contribution in [0.4, 0.5) is 5.00 Å². The van der Waals surface area contributed by atoms with Crippen LogP contribution in [0.5, 0.6) is 0 Å². The number of thiophene rings is 1. The van der Waals surface area contributed by atoms with Gasteiger partial charge >= 0.3 is 0 Å². The normalized spacial score (nSPS) is 13.8. The van der Waals surface area contributed by atoms with Crippen LogP contribution in [0.1, 0.15) is 34.1 Å². The zero-order valence-electron chi connectivity index (χ0n) is 22.4. The summed E-state index contributed by atoms with van der Waals surface area (Å²) in [6, 6.07) is 14.1. The van der Waals surface area contributed by atoms with Crippen LogP contribution >= 0.6 is 22.7 Å². The first-order valence-corrected chi connectivity index (χ1v) is 16.3. The molecule has 0 saturated carbocycles. The lowest BCUT2D eigenvalue weighted by Crippen LogP contribution is -2.31. The third-order valence-corrected chi connectivity index (χ3v) is 10.9. The average Bonchev–Trinajstić information content (AvgIpc) is 3.53. The molecule has 1 aliphatic rings. The van der Waals surface area contributed by atoms with Crippen molar-refractivity contribution in [1.82, 2.24) is 14.2 Å². The summed E-state index contributed by atoms with van der Waals surface area (Å²) in [7, 11) is -3.74. The maximum Gasteiger partial charge on any atom is 0.256 e. The second kappa shape index (κ2) is 12.2. The molecule has 208 valence electrons. The molecule has 40 heavy (non-hydrogen) atoms. The summed E-state index contributed by atoms with van der Waals surface area (Å²) < 4.78 is 28.5. The zero-order valence-corrected chi connectivity index (χ0v) is 24.9. The smallest absolute Gasteiger partial charge is 0.256 e. The van der Waals surface area contributed by atoms with Crippen molar-refractivity contribution < 1.29 is 13.2 Å². The number of thiazole rings is 1. The van der Waals surface area contributed by atoms with Crippen LogP contribution in [-0.4, -0.2) is 54.7 Å². The van der Waals surface area contributed by atoms with Gasteiger partial charge in [0.1, 0.15) is 10.0 Å². The Morgan fingerprint density at radius 2 is 1.82 bits per heavy atom. The number of carbonyl (C=O) groups excluding carboxylic acids is 1. The summed E-state index contributed by atoms with van der Waals surface area (Å²) in [6.45, 7) is 12.7. The molecule has 2 aromatic heterocycles. The van der Waals surface area contributed by atoms with Gasteiger partial charge in [0.05, 0.1) is 15.1 Å². The van der Waals surface area contributed by atoms with E-state index in [-0.39, 0.29) is 23.9 Å². The van der Waals surface area contributed by atoms with Crippen LogP contribution in [0, 0.1) is 0 Å². The summed E-state index contributed by atoms with van der Waals surface area (Å²) in [5.74, 6) is -0.288. The van der Waals surface area contributed by atoms with Crippen molar-refractivity contribution in [2.24, 2.45) is 0 Å². The van der Waals surface area contributed by atoms with Crippen molar-refractivity contribution in [3.63, 3.8) is 0 Å². The fraction of sp³-hybridized carbons (Fsp3) is 0.267. The number of carbonyl (C=O) groups is 1. The molecule has 0 unspecified atom stereocenters. The number of nitrogens with zero attached hydrogens (tertiary/aromatic N) is 3. The summed E-state index contributed by atoms with van der Waals surface area (Å²) in [5, 5.41) is 4.83. The van der Waals surface area contributed by atoms with Crippen LogP contribution in [0.25, 0.3) is 20.8 Å². The number of hydrogen-bond donors (Lipinski definition) is 1. The van der Waals surface area contributed by atoms with Gasteiger partial charge in [0.2, 0.25) is 10.0 Å². The number of amides is 1. The largest absolute Gasteiger partial charge is 0.313 e. The molecule has 5 rings (SSSR count). The SMILES string of the molecule is C=CCN(CC=C)S(=O)(=O)c1ccc(C(=O)Nc2sc3c(c2-c2nc4ccccc4s2)CCN(CCC)C3)cc1. The second-order valence-electron chi connectivity index (χ2n) is 9.60. The molecule has 2 aromatic carbocycles. The van der Waals surface area contributed by atoms with Gasteiger partial charge in [-0.2, -0.15) is 4.31 Å². The molecule has 10 heteroatoms. The number of rotatable bonds is 11. The zero-order chi connectivity index (χ0) is 28.3.